The Kier molecular flexibility index (Phi) is 6.86. The second-order valence-corrected chi connectivity index (χ2v) is 11.1. The standard InChI is InChI=1S/C28H34FN5O5/c1-6-37-25(35)20-15-30-34-12-10-23(32-24(20)34)33-11-9-18-14-28(18,33)21-13-19(29)7-8-22(21)38-16-17(2)31-26(36)39-27(3,4)5/h7-8,10,12-13,15,17-18H,6,9,11,14,16H2,1-5H3,(H,31,36)/t17-,18?,28?/m1/s1. The van der Waals surface area contributed by atoms with Crippen molar-refractivity contribution in [2.24, 2.45) is 5.92 Å². The number of anilines is 1. The van der Waals surface area contributed by atoms with Crippen LogP contribution in [-0.2, 0) is 15.0 Å². The molecule has 208 valence electrons. The molecule has 0 bridgehead atoms. The molecule has 0 radical (unpaired) electrons. The fraction of sp³-hybridized carbons (Fsp3) is 0.500. The van der Waals surface area contributed by atoms with Gasteiger partial charge in [-0.15, -0.1) is 0 Å². The van der Waals surface area contributed by atoms with Gasteiger partial charge in [-0.2, -0.15) is 5.10 Å². The van der Waals surface area contributed by atoms with Crippen molar-refractivity contribution in [2.75, 3.05) is 24.7 Å². The lowest BCUT2D eigenvalue weighted by Gasteiger charge is -2.31. The zero-order valence-corrected chi connectivity index (χ0v) is 22.9. The second kappa shape index (κ2) is 10.0. The fourth-order valence-electron chi connectivity index (χ4n) is 5.36. The van der Waals surface area contributed by atoms with Crippen molar-refractivity contribution in [3.05, 3.63) is 53.6 Å². The summed E-state index contributed by atoms with van der Waals surface area (Å²) in [5, 5.41) is 7.00. The predicted molar refractivity (Wildman–Crippen MR) is 141 cm³/mol. The highest BCUT2D eigenvalue weighted by Gasteiger charge is 2.64. The molecule has 39 heavy (non-hydrogen) atoms. The van der Waals surface area contributed by atoms with Crippen LogP contribution < -0.4 is 15.0 Å². The molecule has 3 aromatic rings. The first-order valence-corrected chi connectivity index (χ1v) is 13.2. The lowest BCUT2D eigenvalue weighted by Crippen LogP contribution is -2.40. The average molecular weight is 540 g/mol. The average Bonchev–Trinajstić information content (AvgIpc) is 3.24. The third kappa shape index (κ3) is 5.22. The molecule has 1 amide bonds. The summed E-state index contributed by atoms with van der Waals surface area (Å²) >= 11 is 0. The number of carbonyl (C=O) groups is 2. The summed E-state index contributed by atoms with van der Waals surface area (Å²) in [5.41, 5.74) is 0.361. The smallest absolute Gasteiger partial charge is 0.407 e. The van der Waals surface area contributed by atoms with E-state index < -0.39 is 23.2 Å². The first-order valence-electron chi connectivity index (χ1n) is 13.2. The van der Waals surface area contributed by atoms with Gasteiger partial charge in [-0.3, -0.25) is 0 Å². The van der Waals surface area contributed by atoms with Crippen molar-refractivity contribution in [3.8, 4) is 5.75 Å². The quantitative estimate of drug-likeness (QED) is 0.418. The first-order chi connectivity index (χ1) is 18.5. The van der Waals surface area contributed by atoms with E-state index in [-0.39, 0.29) is 25.1 Å². The van der Waals surface area contributed by atoms with Crippen LogP contribution in [0.4, 0.5) is 15.0 Å². The Labute approximate surface area is 226 Å². The van der Waals surface area contributed by atoms with Crippen LogP contribution in [0, 0.1) is 11.7 Å². The van der Waals surface area contributed by atoms with Crippen molar-refractivity contribution in [1.29, 1.82) is 0 Å². The van der Waals surface area contributed by atoms with Crippen LogP contribution >= 0.6 is 0 Å². The molecule has 1 saturated carbocycles. The van der Waals surface area contributed by atoms with Gasteiger partial charge in [0.2, 0.25) is 0 Å². The number of amides is 1. The number of rotatable bonds is 8. The zero-order chi connectivity index (χ0) is 27.9. The minimum atomic E-state index is -0.605. The number of nitrogens with one attached hydrogen (secondary N) is 1. The Balaban J connectivity index is 1.40. The molecule has 10 nitrogen and oxygen atoms in total. The summed E-state index contributed by atoms with van der Waals surface area (Å²) in [7, 11) is 0. The number of nitrogens with zero attached hydrogens (tertiary/aromatic N) is 4. The maximum Gasteiger partial charge on any atom is 0.407 e. The van der Waals surface area contributed by atoms with Crippen LogP contribution in [0.5, 0.6) is 5.75 Å². The molecular weight excluding hydrogens is 505 g/mol. The number of hydrogen-bond donors (Lipinski definition) is 1. The molecule has 5 rings (SSSR count). The lowest BCUT2D eigenvalue weighted by molar-refractivity contribution is 0.0490. The number of carbonyl (C=O) groups excluding carboxylic acids is 2. The summed E-state index contributed by atoms with van der Waals surface area (Å²) < 4.78 is 32.8. The van der Waals surface area contributed by atoms with E-state index in [9.17, 15) is 14.0 Å². The van der Waals surface area contributed by atoms with Gasteiger partial charge in [-0.25, -0.2) is 23.5 Å². The highest BCUT2D eigenvalue weighted by Crippen LogP contribution is 2.64. The minimum absolute atomic E-state index is 0.182. The number of halogens is 1. The fourth-order valence-corrected chi connectivity index (χ4v) is 5.36. The highest BCUT2D eigenvalue weighted by molar-refractivity contribution is 5.95. The number of aromatic nitrogens is 3. The van der Waals surface area contributed by atoms with Gasteiger partial charge in [0, 0.05) is 18.3 Å². The number of ether oxygens (including phenoxy) is 3. The maximum atomic E-state index is 14.6. The zero-order valence-electron chi connectivity index (χ0n) is 22.9. The number of hydrogen-bond acceptors (Lipinski definition) is 8. The molecule has 2 unspecified atom stereocenters. The van der Waals surface area contributed by atoms with Gasteiger partial charge >= 0.3 is 12.1 Å². The second-order valence-electron chi connectivity index (χ2n) is 11.1. The van der Waals surface area contributed by atoms with Crippen molar-refractivity contribution in [1.82, 2.24) is 19.9 Å². The molecule has 1 N–H and O–H groups in total. The molecule has 1 aromatic carbocycles. The van der Waals surface area contributed by atoms with Gasteiger partial charge in [0.05, 0.1) is 24.4 Å². The first kappa shape index (κ1) is 26.7. The summed E-state index contributed by atoms with van der Waals surface area (Å²) in [5.74, 6) is 0.705. The van der Waals surface area contributed by atoms with Crippen molar-refractivity contribution in [2.45, 2.75) is 64.6 Å². The van der Waals surface area contributed by atoms with E-state index in [1.807, 2.05) is 13.0 Å². The number of piperidine rings is 1. The molecule has 1 aliphatic heterocycles. The van der Waals surface area contributed by atoms with Crippen LogP contribution in [0.25, 0.3) is 5.65 Å². The van der Waals surface area contributed by atoms with E-state index in [1.165, 1.54) is 18.3 Å². The van der Waals surface area contributed by atoms with Crippen LogP contribution in [-0.4, -0.2) is 58.1 Å². The van der Waals surface area contributed by atoms with Gasteiger partial charge in [-0.05, 0) is 77.6 Å². The number of benzene rings is 1. The van der Waals surface area contributed by atoms with E-state index >= 15 is 0 Å². The highest BCUT2D eigenvalue weighted by atomic mass is 19.1. The topological polar surface area (TPSA) is 107 Å². The van der Waals surface area contributed by atoms with Crippen LogP contribution in [0.15, 0.2) is 36.7 Å². The van der Waals surface area contributed by atoms with Crippen LogP contribution in [0.3, 0.4) is 0 Å². The molecule has 2 aromatic heterocycles. The van der Waals surface area contributed by atoms with Crippen LogP contribution in [0.2, 0.25) is 0 Å². The van der Waals surface area contributed by atoms with Crippen molar-refractivity contribution < 1.29 is 28.2 Å². The Hall–Kier alpha value is -3.89. The lowest BCUT2D eigenvalue weighted by atomic mass is 10.0. The Morgan fingerprint density at radius 1 is 1.28 bits per heavy atom. The maximum absolute atomic E-state index is 14.6. The summed E-state index contributed by atoms with van der Waals surface area (Å²) in [6, 6.07) is 6.06. The van der Waals surface area contributed by atoms with Crippen molar-refractivity contribution in [3.63, 3.8) is 0 Å². The number of fused-ring (bicyclic) bond motifs is 2. The summed E-state index contributed by atoms with van der Waals surface area (Å²) in [6.07, 6.45) is 4.44. The van der Waals surface area contributed by atoms with E-state index in [1.54, 1.807) is 44.5 Å². The molecular formula is C28H34FN5O5. The largest absolute Gasteiger partial charge is 0.491 e. The van der Waals surface area contributed by atoms with Crippen LogP contribution in [0.1, 0.15) is 63.4 Å². The van der Waals surface area contributed by atoms with E-state index in [2.05, 4.69) is 15.3 Å². The number of alkyl carbamates (subject to hydrolysis) is 1. The van der Waals surface area contributed by atoms with E-state index in [0.717, 1.165) is 24.9 Å². The SMILES string of the molecule is CCOC(=O)c1cnn2ccc(N3CCC4CC43c3cc(F)ccc3OC[C@@H](C)NC(=O)OC(C)(C)C)nc12. The molecule has 2 aliphatic rings. The third-order valence-corrected chi connectivity index (χ3v) is 7.04. The molecule has 3 atom stereocenters. The van der Waals surface area contributed by atoms with Gasteiger partial charge in [0.1, 0.15) is 35.2 Å². The van der Waals surface area contributed by atoms with Gasteiger partial charge in [0.15, 0.2) is 5.65 Å². The number of esters is 1. The monoisotopic (exact) mass is 539 g/mol. The van der Waals surface area contributed by atoms with Gasteiger partial charge < -0.3 is 24.4 Å². The normalized spacial score (nSPS) is 20.9. The molecule has 3 heterocycles. The molecule has 11 heteroatoms. The summed E-state index contributed by atoms with van der Waals surface area (Å²) in [4.78, 5) is 31.5. The molecule has 2 fully saturated rings. The molecule has 1 saturated heterocycles. The van der Waals surface area contributed by atoms with E-state index in [4.69, 9.17) is 19.2 Å². The molecule has 0 spiro atoms. The van der Waals surface area contributed by atoms with Gasteiger partial charge in [-0.1, -0.05) is 0 Å². The Bertz CT molecular complexity index is 1400. The predicted octanol–water partition coefficient (Wildman–Crippen LogP) is 4.46. The third-order valence-electron chi connectivity index (χ3n) is 7.04. The van der Waals surface area contributed by atoms with Crippen molar-refractivity contribution >= 4 is 23.5 Å². The minimum Gasteiger partial charge on any atom is -0.491 e. The molecule has 1 aliphatic carbocycles. The Morgan fingerprint density at radius 2 is 2.08 bits per heavy atom. The van der Waals surface area contributed by atoms with E-state index in [0.29, 0.717) is 28.7 Å². The van der Waals surface area contributed by atoms with Gasteiger partial charge in [0.25, 0.3) is 0 Å². The summed E-state index contributed by atoms with van der Waals surface area (Å²) in [6.45, 7) is 10.1. The Morgan fingerprint density at radius 3 is 2.79 bits per heavy atom.